The summed E-state index contributed by atoms with van der Waals surface area (Å²) in [6, 6.07) is 30.0. The maximum Gasteiger partial charge on any atom is 0.266 e. The predicted molar refractivity (Wildman–Crippen MR) is 153 cm³/mol. The highest BCUT2D eigenvalue weighted by Crippen LogP contribution is 2.28. The number of aryl methyl sites for hydroxylation is 1. The first kappa shape index (κ1) is 26.0. The Kier molecular flexibility index (Phi) is 7.64. The average molecular weight is 520 g/mol. The minimum Gasteiger partial charge on any atom is -0.328 e. The van der Waals surface area contributed by atoms with E-state index in [0.29, 0.717) is 47.4 Å². The number of rotatable bonds is 8. The van der Waals surface area contributed by atoms with Gasteiger partial charge in [0.1, 0.15) is 11.6 Å². The van der Waals surface area contributed by atoms with Crippen molar-refractivity contribution >= 4 is 16.8 Å². The number of amides is 1. The van der Waals surface area contributed by atoms with Gasteiger partial charge in [0.25, 0.3) is 11.5 Å². The van der Waals surface area contributed by atoms with Crippen molar-refractivity contribution in [3.63, 3.8) is 0 Å². The zero-order chi connectivity index (χ0) is 27.4. The van der Waals surface area contributed by atoms with Gasteiger partial charge in [-0.05, 0) is 79.4 Å². The lowest BCUT2D eigenvalue weighted by Gasteiger charge is -2.32. The molecule has 0 radical (unpaired) electrons. The Bertz CT molecular complexity index is 1660. The summed E-state index contributed by atoms with van der Waals surface area (Å²) in [4.78, 5) is 34.7. The Labute approximate surface area is 227 Å². The van der Waals surface area contributed by atoms with Gasteiger partial charge in [-0.3, -0.25) is 14.2 Å². The monoisotopic (exact) mass is 519 g/mol. The SMILES string of the molecule is CCC(c1nc2ccccc2c(=O)n1-c1cccc(C)c1)N(CCc1ccccc1)C(=O)c1ccc(F)cc1. The number of para-hydroxylation sites is 1. The third kappa shape index (κ3) is 5.50. The lowest BCUT2D eigenvalue weighted by molar-refractivity contribution is 0.0661. The van der Waals surface area contributed by atoms with Crippen LogP contribution in [0.3, 0.4) is 0 Å². The van der Waals surface area contributed by atoms with Gasteiger partial charge in [-0.15, -0.1) is 0 Å². The molecule has 196 valence electrons. The normalized spacial score (nSPS) is 11.9. The fraction of sp³-hybridized carbons (Fsp3) is 0.182. The van der Waals surface area contributed by atoms with Crippen molar-refractivity contribution in [3.8, 4) is 5.69 Å². The van der Waals surface area contributed by atoms with Crippen molar-refractivity contribution < 1.29 is 9.18 Å². The Hall–Kier alpha value is -4.58. The maximum atomic E-state index is 14.0. The van der Waals surface area contributed by atoms with Gasteiger partial charge in [-0.2, -0.15) is 0 Å². The average Bonchev–Trinajstić information content (AvgIpc) is 2.96. The van der Waals surface area contributed by atoms with Crippen LogP contribution in [0.2, 0.25) is 0 Å². The lowest BCUT2D eigenvalue weighted by Crippen LogP contribution is -2.39. The molecule has 5 nitrogen and oxygen atoms in total. The third-order valence-electron chi connectivity index (χ3n) is 6.96. The van der Waals surface area contributed by atoms with Gasteiger partial charge in [0.15, 0.2) is 0 Å². The Morgan fingerprint density at radius 3 is 2.36 bits per heavy atom. The molecular formula is C33H30FN3O2. The van der Waals surface area contributed by atoms with E-state index < -0.39 is 11.9 Å². The second-order valence-corrected chi connectivity index (χ2v) is 9.63. The number of benzene rings is 4. The standard InChI is InChI=1S/C33H30FN3O2/c1-3-30(36(21-20-24-11-5-4-6-12-24)32(38)25-16-18-26(34)19-17-25)31-35-29-15-8-7-14-28(29)33(39)37(31)27-13-9-10-23(2)22-27/h4-19,22,30H,3,20-21H2,1-2H3. The van der Waals surface area contributed by atoms with Crippen molar-refractivity contribution in [2.24, 2.45) is 0 Å². The van der Waals surface area contributed by atoms with E-state index in [0.717, 1.165) is 11.1 Å². The lowest BCUT2D eigenvalue weighted by atomic mass is 10.1. The molecule has 0 aliphatic rings. The molecule has 1 heterocycles. The third-order valence-corrected chi connectivity index (χ3v) is 6.96. The summed E-state index contributed by atoms with van der Waals surface area (Å²) in [5.41, 5.74) is 3.58. The van der Waals surface area contributed by atoms with Crippen molar-refractivity contribution in [3.05, 3.63) is 142 Å². The second-order valence-electron chi connectivity index (χ2n) is 9.63. The molecule has 5 rings (SSSR count). The molecule has 0 saturated heterocycles. The van der Waals surface area contributed by atoms with Crippen molar-refractivity contribution in [2.75, 3.05) is 6.54 Å². The number of carbonyl (C=O) groups excluding carboxylic acids is 1. The van der Waals surface area contributed by atoms with E-state index in [4.69, 9.17) is 4.98 Å². The predicted octanol–water partition coefficient (Wildman–Crippen LogP) is 6.67. The first-order chi connectivity index (χ1) is 19.0. The van der Waals surface area contributed by atoms with Crippen LogP contribution in [0, 0.1) is 12.7 Å². The molecule has 6 heteroatoms. The van der Waals surface area contributed by atoms with Crippen LogP contribution in [0.4, 0.5) is 4.39 Å². The highest BCUT2D eigenvalue weighted by Gasteiger charge is 2.29. The Morgan fingerprint density at radius 1 is 0.923 bits per heavy atom. The van der Waals surface area contributed by atoms with Crippen molar-refractivity contribution in [1.82, 2.24) is 14.5 Å². The zero-order valence-corrected chi connectivity index (χ0v) is 22.0. The molecule has 1 amide bonds. The number of fused-ring (bicyclic) bond motifs is 1. The van der Waals surface area contributed by atoms with E-state index in [1.54, 1.807) is 15.5 Å². The van der Waals surface area contributed by atoms with Crippen LogP contribution >= 0.6 is 0 Å². The first-order valence-corrected chi connectivity index (χ1v) is 13.2. The quantitative estimate of drug-likeness (QED) is 0.230. The fourth-order valence-electron chi connectivity index (χ4n) is 4.98. The van der Waals surface area contributed by atoms with Gasteiger partial charge in [0, 0.05) is 12.1 Å². The summed E-state index contributed by atoms with van der Waals surface area (Å²) < 4.78 is 15.3. The van der Waals surface area contributed by atoms with Crippen LogP contribution in [0.1, 0.15) is 46.7 Å². The molecule has 0 bridgehead atoms. The van der Waals surface area contributed by atoms with Gasteiger partial charge in [-0.1, -0.05) is 61.5 Å². The van der Waals surface area contributed by atoms with E-state index in [2.05, 4.69) is 0 Å². The highest BCUT2D eigenvalue weighted by molar-refractivity contribution is 5.94. The van der Waals surface area contributed by atoms with E-state index in [-0.39, 0.29) is 11.5 Å². The van der Waals surface area contributed by atoms with Gasteiger partial charge in [0.05, 0.1) is 22.6 Å². The molecule has 0 N–H and O–H groups in total. The molecule has 0 fully saturated rings. The molecule has 5 aromatic rings. The maximum absolute atomic E-state index is 14.0. The molecule has 39 heavy (non-hydrogen) atoms. The minimum atomic E-state index is -0.510. The van der Waals surface area contributed by atoms with Crippen LogP contribution in [-0.2, 0) is 6.42 Å². The minimum absolute atomic E-state index is 0.183. The van der Waals surface area contributed by atoms with Crippen LogP contribution in [-0.4, -0.2) is 26.9 Å². The summed E-state index contributed by atoms with van der Waals surface area (Å²) in [5.74, 6) is -0.148. The first-order valence-electron chi connectivity index (χ1n) is 13.2. The second kappa shape index (κ2) is 11.4. The highest BCUT2D eigenvalue weighted by atomic mass is 19.1. The molecule has 1 atom stereocenters. The number of aromatic nitrogens is 2. The topological polar surface area (TPSA) is 55.2 Å². The molecule has 1 unspecified atom stereocenters. The fourth-order valence-corrected chi connectivity index (χ4v) is 4.98. The summed E-state index contributed by atoms with van der Waals surface area (Å²) >= 11 is 0. The largest absolute Gasteiger partial charge is 0.328 e. The number of nitrogens with zero attached hydrogens (tertiary/aromatic N) is 3. The van der Waals surface area contributed by atoms with Crippen LogP contribution in [0.5, 0.6) is 0 Å². The summed E-state index contributed by atoms with van der Waals surface area (Å²) in [6.07, 6.45) is 1.14. The van der Waals surface area contributed by atoms with Crippen LogP contribution in [0.15, 0.2) is 108 Å². The molecule has 0 spiro atoms. The number of hydrogen-bond donors (Lipinski definition) is 0. The van der Waals surface area contributed by atoms with Crippen molar-refractivity contribution in [2.45, 2.75) is 32.7 Å². The van der Waals surface area contributed by atoms with E-state index in [9.17, 15) is 14.0 Å². The van der Waals surface area contributed by atoms with Crippen LogP contribution < -0.4 is 5.56 Å². The van der Waals surface area contributed by atoms with Gasteiger partial charge in [0.2, 0.25) is 0 Å². The molecule has 0 aliphatic carbocycles. The number of halogens is 1. The van der Waals surface area contributed by atoms with Crippen molar-refractivity contribution in [1.29, 1.82) is 0 Å². The van der Waals surface area contributed by atoms with Gasteiger partial charge < -0.3 is 4.90 Å². The molecule has 1 aromatic heterocycles. The summed E-state index contributed by atoms with van der Waals surface area (Å²) in [7, 11) is 0. The summed E-state index contributed by atoms with van der Waals surface area (Å²) in [5, 5.41) is 0.512. The summed E-state index contributed by atoms with van der Waals surface area (Å²) in [6.45, 7) is 4.36. The molecule has 0 aliphatic heterocycles. The number of carbonyl (C=O) groups is 1. The smallest absolute Gasteiger partial charge is 0.266 e. The van der Waals surface area contributed by atoms with Crippen LogP contribution in [0.25, 0.3) is 16.6 Å². The molecular weight excluding hydrogens is 489 g/mol. The molecule has 0 saturated carbocycles. The Balaban J connectivity index is 1.68. The van der Waals surface area contributed by atoms with E-state index >= 15 is 0 Å². The van der Waals surface area contributed by atoms with E-state index in [1.165, 1.54) is 24.3 Å². The zero-order valence-electron chi connectivity index (χ0n) is 22.0. The van der Waals surface area contributed by atoms with E-state index in [1.807, 2.05) is 86.6 Å². The Morgan fingerprint density at radius 2 is 1.64 bits per heavy atom. The number of hydrogen-bond acceptors (Lipinski definition) is 3. The van der Waals surface area contributed by atoms with Gasteiger partial charge >= 0.3 is 0 Å². The molecule has 4 aromatic carbocycles. The van der Waals surface area contributed by atoms with Gasteiger partial charge in [-0.25, -0.2) is 9.37 Å².